The summed E-state index contributed by atoms with van der Waals surface area (Å²) >= 11 is 0. The molecule has 5 heteroatoms. The lowest BCUT2D eigenvalue weighted by Crippen LogP contribution is -2.45. The van der Waals surface area contributed by atoms with Crippen molar-refractivity contribution in [2.75, 3.05) is 46.3 Å². The third kappa shape index (κ3) is 5.80. The molecule has 0 N–H and O–H groups in total. The molecule has 2 amide bonds. The molecule has 2 heterocycles. The maximum absolute atomic E-state index is 12.9. The van der Waals surface area contributed by atoms with Crippen LogP contribution in [0.1, 0.15) is 37.7 Å². The Kier molecular flexibility index (Phi) is 7.27. The number of nitrogens with zero attached hydrogens (tertiary/aromatic N) is 3. The van der Waals surface area contributed by atoms with E-state index in [1.807, 2.05) is 28.0 Å². The molecule has 0 radical (unpaired) electrons. The van der Waals surface area contributed by atoms with Crippen LogP contribution >= 0.6 is 0 Å². The van der Waals surface area contributed by atoms with Gasteiger partial charge in [0, 0.05) is 39.1 Å². The van der Waals surface area contributed by atoms with E-state index < -0.39 is 0 Å². The Hall–Kier alpha value is -1.88. The van der Waals surface area contributed by atoms with Crippen molar-refractivity contribution in [2.45, 2.75) is 38.5 Å². The number of hydrogen-bond donors (Lipinski definition) is 0. The van der Waals surface area contributed by atoms with Gasteiger partial charge < -0.3 is 14.7 Å². The highest BCUT2D eigenvalue weighted by molar-refractivity contribution is 5.80. The monoisotopic (exact) mass is 371 g/mol. The third-order valence-corrected chi connectivity index (χ3v) is 5.83. The number of benzene rings is 1. The van der Waals surface area contributed by atoms with Gasteiger partial charge in [-0.05, 0) is 51.3 Å². The molecule has 2 aliphatic rings. The number of amides is 2. The highest BCUT2D eigenvalue weighted by Gasteiger charge is 2.29. The molecule has 2 fully saturated rings. The van der Waals surface area contributed by atoms with Crippen LogP contribution in [0.3, 0.4) is 0 Å². The van der Waals surface area contributed by atoms with Crippen molar-refractivity contribution in [2.24, 2.45) is 5.92 Å². The van der Waals surface area contributed by atoms with Crippen molar-refractivity contribution in [3.8, 4) is 0 Å². The smallest absolute Gasteiger partial charge is 0.227 e. The van der Waals surface area contributed by atoms with Crippen molar-refractivity contribution in [1.82, 2.24) is 14.7 Å². The summed E-state index contributed by atoms with van der Waals surface area (Å²) in [6, 6.07) is 10.3. The van der Waals surface area contributed by atoms with Gasteiger partial charge in [-0.25, -0.2) is 0 Å². The Morgan fingerprint density at radius 2 is 1.70 bits per heavy atom. The van der Waals surface area contributed by atoms with Crippen molar-refractivity contribution in [3.05, 3.63) is 35.9 Å². The topological polar surface area (TPSA) is 43.9 Å². The minimum atomic E-state index is 0.136. The molecule has 3 rings (SSSR count). The Morgan fingerprint density at radius 3 is 2.48 bits per heavy atom. The van der Waals surface area contributed by atoms with Crippen LogP contribution in [0.25, 0.3) is 0 Å². The first-order chi connectivity index (χ1) is 13.1. The number of aryl methyl sites for hydroxylation is 1. The van der Waals surface area contributed by atoms with Gasteiger partial charge in [0.15, 0.2) is 0 Å². The van der Waals surface area contributed by atoms with Gasteiger partial charge >= 0.3 is 0 Å². The van der Waals surface area contributed by atoms with E-state index in [-0.39, 0.29) is 11.8 Å². The quantitative estimate of drug-likeness (QED) is 0.798. The molecule has 0 spiro atoms. The second-order valence-corrected chi connectivity index (χ2v) is 8.00. The van der Waals surface area contributed by atoms with E-state index in [1.165, 1.54) is 5.56 Å². The molecule has 2 aliphatic heterocycles. The number of piperidine rings is 1. The van der Waals surface area contributed by atoms with Crippen molar-refractivity contribution < 1.29 is 9.59 Å². The number of carbonyl (C=O) groups excluding carboxylic acids is 2. The second kappa shape index (κ2) is 9.88. The van der Waals surface area contributed by atoms with Crippen molar-refractivity contribution in [3.63, 3.8) is 0 Å². The molecule has 0 bridgehead atoms. The van der Waals surface area contributed by atoms with Crippen LogP contribution in [0, 0.1) is 5.92 Å². The zero-order valence-corrected chi connectivity index (χ0v) is 16.6. The first kappa shape index (κ1) is 19.9. The van der Waals surface area contributed by atoms with Gasteiger partial charge in [0.05, 0.1) is 5.92 Å². The van der Waals surface area contributed by atoms with Gasteiger partial charge in [0.2, 0.25) is 11.8 Å². The van der Waals surface area contributed by atoms with E-state index >= 15 is 0 Å². The van der Waals surface area contributed by atoms with E-state index in [0.29, 0.717) is 25.4 Å². The molecule has 0 aliphatic carbocycles. The van der Waals surface area contributed by atoms with Crippen LogP contribution in [0.4, 0.5) is 0 Å². The molecule has 1 unspecified atom stereocenters. The van der Waals surface area contributed by atoms with E-state index in [0.717, 1.165) is 58.3 Å². The lowest BCUT2D eigenvalue weighted by molar-refractivity contribution is -0.138. The zero-order valence-electron chi connectivity index (χ0n) is 16.6. The van der Waals surface area contributed by atoms with Crippen molar-refractivity contribution in [1.29, 1.82) is 0 Å². The summed E-state index contributed by atoms with van der Waals surface area (Å²) in [4.78, 5) is 31.7. The lowest BCUT2D eigenvalue weighted by atomic mass is 9.97. The summed E-state index contributed by atoms with van der Waals surface area (Å²) in [7, 11) is 2.09. The van der Waals surface area contributed by atoms with Gasteiger partial charge in [0.1, 0.15) is 0 Å². The zero-order chi connectivity index (χ0) is 19.1. The normalized spacial score (nSPS) is 21.7. The van der Waals surface area contributed by atoms with Crippen molar-refractivity contribution >= 4 is 11.8 Å². The molecule has 1 atom stereocenters. The van der Waals surface area contributed by atoms with Crippen LogP contribution in [-0.4, -0.2) is 72.8 Å². The fourth-order valence-corrected chi connectivity index (χ4v) is 4.26. The molecule has 1 aromatic carbocycles. The van der Waals surface area contributed by atoms with Gasteiger partial charge in [-0.2, -0.15) is 0 Å². The first-order valence-corrected chi connectivity index (χ1v) is 10.4. The highest BCUT2D eigenvalue weighted by atomic mass is 16.2. The summed E-state index contributed by atoms with van der Waals surface area (Å²) in [5.74, 6) is 0.662. The molecule has 2 saturated heterocycles. The molecular formula is C22H33N3O2. The van der Waals surface area contributed by atoms with Crippen LogP contribution < -0.4 is 0 Å². The minimum absolute atomic E-state index is 0.136. The number of hydrogen-bond acceptors (Lipinski definition) is 3. The molecular weight excluding hydrogens is 338 g/mol. The van der Waals surface area contributed by atoms with Gasteiger partial charge in [0.25, 0.3) is 0 Å². The fraction of sp³-hybridized carbons (Fsp3) is 0.636. The SMILES string of the molecule is CN1CCCC(C(=O)N2CCCN(C(=O)CCCc3ccccc3)CC2)C1. The van der Waals surface area contributed by atoms with Crippen LogP contribution in [0.5, 0.6) is 0 Å². The molecule has 27 heavy (non-hydrogen) atoms. The van der Waals surface area contributed by atoms with Gasteiger partial charge in [-0.3, -0.25) is 9.59 Å². The molecule has 0 saturated carbocycles. The standard InChI is InChI=1S/C22H33N3O2/c1-23-13-6-11-20(18-23)22(27)25-15-7-14-24(16-17-25)21(26)12-5-10-19-8-3-2-4-9-19/h2-4,8-9,20H,5-7,10-18H2,1H3. The van der Waals surface area contributed by atoms with E-state index in [2.05, 4.69) is 24.1 Å². The predicted molar refractivity (Wildman–Crippen MR) is 107 cm³/mol. The molecule has 5 nitrogen and oxygen atoms in total. The average Bonchev–Trinajstić information content (AvgIpc) is 2.94. The first-order valence-electron chi connectivity index (χ1n) is 10.4. The molecule has 1 aromatic rings. The summed E-state index contributed by atoms with van der Waals surface area (Å²) in [5.41, 5.74) is 1.29. The molecule has 148 valence electrons. The summed E-state index contributed by atoms with van der Waals surface area (Å²) < 4.78 is 0. The minimum Gasteiger partial charge on any atom is -0.341 e. The second-order valence-electron chi connectivity index (χ2n) is 8.00. The average molecular weight is 372 g/mol. The van der Waals surface area contributed by atoms with Crippen LogP contribution in [-0.2, 0) is 16.0 Å². The summed E-state index contributed by atoms with van der Waals surface area (Å²) in [6.45, 7) is 4.89. The van der Waals surface area contributed by atoms with Crippen LogP contribution in [0.2, 0.25) is 0 Å². The Bertz CT molecular complexity index is 619. The summed E-state index contributed by atoms with van der Waals surface area (Å²) in [6.07, 6.45) is 5.42. The summed E-state index contributed by atoms with van der Waals surface area (Å²) in [5, 5.41) is 0. The third-order valence-electron chi connectivity index (χ3n) is 5.83. The Labute approximate surface area is 163 Å². The van der Waals surface area contributed by atoms with Gasteiger partial charge in [-0.1, -0.05) is 30.3 Å². The number of rotatable bonds is 5. The van der Waals surface area contributed by atoms with Gasteiger partial charge in [-0.15, -0.1) is 0 Å². The predicted octanol–water partition coefficient (Wildman–Crippen LogP) is 2.41. The van der Waals surface area contributed by atoms with E-state index in [9.17, 15) is 9.59 Å². The Balaban J connectivity index is 1.43. The molecule has 0 aromatic heterocycles. The van der Waals surface area contributed by atoms with E-state index in [1.54, 1.807) is 0 Å². The fourth-order valence-electron chi connectivity index (χ4n) is 4.26. The van der Waals surface area contributed by atoms with Crippen LogP contribution in [0.15, 0.2) is 30.3 Å². The highest BCUT2D eigenvalue weighted by Crippen LogP contribution is 2.19. The van der Waals surface area contributed by atoms with E-state index in [4.69, 9.17) is 0 Å². The largest absolute Gasteiger partial charge is 0.341 e. The lowest BCUT2D eigenvalue weighted by Gasteiger charge is -2.32. The number of likely N-dealkylation sites (tertiary alicyclic amines) is 1. The Morgan fingerprint density at radius 1 is 0.963 bits per heavy atom. The maximum atomic E-state index is 12.9. The number of carbonyl (C=O) groups is 2. The maximum Gasteiger partial charge on any atom is 0.227 e.